The van der Waals surface area contributed by atoms with E-state index in [9.17, 15) is 0 Å². The third-order valence-corrected chi connectivity index (χ3v) is 9.95. The molecule has 46 heavy (non-hydrogen) atoms. The largest absolute Gasteiger partial charge is 0.344 e. The summed E-state index contributed by atoms with van der Waals surface area (Å²) in [6.45, 7) is 6.70. The Morgan fingerprint density at radius 3 is 1.35 bits per heavy atom. The van der Waals surface area contributed by atoms with E-state index < -0.39 is 0 Å². The van der Waals surface area contributed by atoms with Gasteiger partial charge in [-0.2, -0.15) is 0 Å². The predicted octanol–water partition coefficient (Wildman–Crippen LogP) is 13.2. The third-order valence-electron chi connectivity index (χ3n) is 9.95. The van der Waals surface area contributed by atoms with Crippen molar-refractivity contribution in [3.05, 3.63) is 48.6 Å². The van der Waals surface area contributed by atoms with E-state index in [1.165, 1.54) is 141 Å². The summed E-state index contributed by atoms with van der Waals surface area (Å²) in [7, 11) is 2.23. The quantitative estimate of drug-likeness (QED) is 0.0576. The zero-order chi connectivity index (χ0) is 32.8. The Kier molecular flexibility index (Phi) is 25.7. The molecule has 2 heterocycles. The molecule has 0 N–H and O–H groups in total. The first-order chi connectivity index (χ1) is 22.7. The van der Waals surface area contributed by atoms with Crippen molar-refractivity contribution in [2.75, 3.05) is 20.1 Å². The summed E-state index contributed by atoms with van der Waals surface area (Å²) < 4.78 is 13.6. The van der Waals surface area contributed by atoms with Crippen LogP contribution in [0, 0.1) is 0 Å². The molecule has 0 unspecified atom stereocenters. The van der Waals surface area contributed by atoms with Crippen molar-refractivity contribution < 1.29 is 9.47 Å². The van der Waals surface area contributed by atoms with Crippen molar-refractivity contribution in [3.8, 4) is 0 Å². The van der Waals surface area contributed by atoms with Crippen LogP contribution in [-0.4, -0.2) is 43.0 Å². The van der Waals surface area contributed by atoms with Crippen LogP contribution in [0.25, 0.3) is 0 Å². The van der Waals surface area contributed by atoms with E-state index in [1.54, 1.807) is 0 Å². The first kappa shape index (κ1) is 41.0. The summed E-state index contributed by atoms with van der Waals surface area (Å²) >= 11 is 0. The van der Waals surface area contributed by atoms with E-state index in [0.29, 0.717) is 6.10 Å². The maximum absolute atomic E-state index is 6.78. The molecular weight excluding hydrogens is 562 g/mol. The van der Waals surface area contributed by atoms with Crippen LogP contribution in [0.2, 0.25) is 0 Å². The summed E-state index contributed by atoms with van der Waals surface area (Å²) in [5.41, 5.74) is 0. The van der Waals surface area contributed by atoms with Gasteiger partial charge in [0.05, 0.1) is 12.2 Å². The number of hydrogen-bond acceptors (Lipinski definition) is 3. The molecule has 266 valence electrons. The van der Waals surface area contributed by atoms with Gasteiger partial charge in [-0.05, 0) is 90.5 Å². The average molecular weight is 640 g/mol. The number of hydrogen-bond donors (Lipinski definition) is 0. The molecular formula is C43H77NO2. The molecule has 0 aromatic carbocycles. The topological polar surface area (TPSA) is 21.7 Å². The summed E-state index contributed by atoms with van der Waals surface area (Å²) in [5.74, 6) is -0.314. The van der Waals surface area contributed by atoms with E-state index in [4.69, 9.17) is 9.47 Å². The number of rotatable bonds is 30. The van der Waals surface area contributed by atoms with Crippen LogP contribution in [0.15, 0.2) is 48.6 Å². The van der Waals surface area contributed by atoms with E-state index >= 15 is 0 Å². The summed E-state index contributed by atoms with van der Waals surface area (Å²) in [5, 5.41) is 0. The molecule has 0 aliphatic carbocycles. The van der Waals surface area contributed by atoms with Gasteiger partial charge in [-0.3, -0.25) is 0 Å². The lowest BCUT2D eigenvalue weighted by Gasteiger charge is -2.29. The lowest BCUT2D eigenvalue weighted by atomic mass is 9.98. The molecule has 2 aliphatic rings. The standard InChI is InChI=1S/C43H77NO2/c1-4-6-8-10-12-14-16-18-20-22-24-26-28-30-32-34-37-43(45-41-36-39-44(3)40-42(41)46-43)38-35-33-31-29-27-25-23-21-19-17-15-13-11-9-7-5-2/h12-15,18-21,41-42H,4-11,16-17,22-40H2,1-3H3/b14-12-,15-13-,20-18-,21-19-/t41-,42+/m0/s1. The molecule has 0 spiro atoms. The van der Waals surface area contributed by atoms with Crippen molar-refractivity contribution in [1.29, 1.82) is 0 Å². The third kappa shape index (κ3) is 20.9. The van der Waals surface area contributed by atoms with Gasteiger partial charge in [0.25, 0.3) is 0 Å². The van der Waals surface area contributed by atoms with Gasteiger partial charge in [-0.1, -0.05) is 140 Å². The molecule has 2 aliphatic heterocycles. The van der Waals surface area contributed by atoms with Gasteiger partial charge in [0, 0.05) is 25.9 Å². The Hall–Kier alpha value is -1.16. The van der Waals surface area contributed by atoms with E-state index in [-0.39, 0.29) is 11.9 Å². The minimum absolute atomic E-state index is 0.271. The van der Waals surface area contributed by atoms with E-state index in [2.05, 4.69) is 74.4 Å². The van der Waals surface area contributed by atoms with Gasteiger partial charge >= 0.3 is 0 Å². The van der Waals surface area contributed by atoms with Crippen molar-refractivity contribution in [2.45, 2.75) is 205 Å². The molecule has 2 rings (SSSR count). The zero-order valence-electron chi connectivity index (χ0n) is 31.0. The lowest BCUT2D eigenvalue weighted by molar-refractivity contribution is -0.185. The monoisotopic (exact) mass is 640 g/mol. The van der Waals surface area contributed by atoms with Gasteiger partial charge in [0.2, 0.25) is 0 Å². The number of ether oxygens (including phenoxy) is 2. The summed E-state index contributed by atoms with van der Waals surface area (Å²) in [4.78, 5) is 2.42. The lowest BCUT2D eigenvalue weighted by Crippen LogP contribution is -2.43. The van der Waals surface area contributed by atoms with Crippen molar-refractivity contribution >= 4 is 0 Å². The predicted molar refractivity (Wildman–Crippen MR) is 203 cm³/mol. The molecule has 2 saturated heterocycles. The Bertz CT molecular complexity index is 751. The van der Waals surface area contributed by atoms with Crippen LogP contribution < -0.4 is 0 Å². The minimum Gasteiger partial charge on any atom is -0.344 e. The summed E-state index contributed by atoms with van der Waals surface area (Å²) in [6, 6.07) is 0. The van der Waals surface area contributed by atoms with Crippen LogP contribution in [0.1, 0.15) is 187 Å². The molecule has 0 bridgehead atoms. The van der Waals surface area contributed by atoms with E-state index in [0.717, 1.165) is 45.2 Å². The number of fused-ring (bicyclic) bond motifs is 1. The van der Waals surface area contributed by atoms with Crippen LogP contribution in [0.3, 0.4) is 0 Å². The number of allylic oxidation sites excluding steroid dienone is 8. The number of nitrogens with zero attached hydrogens (tertiary/aromatic N) is 1. The van der Waals surface area contributed by atoms with Crippen molar-refractivity contribution in [2.24, 2.45) is 0 Å². The van der Waals surface area contributed by atoms with Gasteiger partial charge in [0.1, 0.15) is 0 Å². The minimum atomic E-state index is -0.314. The Morgan fingerprint density at radius 1 is 0.500 bits per heavy atom. The summed E-state index contributed by atoms with van der Waals surface area (Å²) in [6.07, 6.45) is 53.8. The Labute approximate surface area is 287 Å². The second-order valence-electron chi connectivity index (χ2n) is 14.4. The highest BCUT2D eigenvalue weighted by Gasteiger charge is 2.48. The smallest absolute Gasteiger partial charge is 0.169 e. The Balaban J connectivity index is 1.53. The maximum Gasteiger partial charge on any atom is 0.169 e. The van der Waals surface area contributed by atoms with Gasteiger partial charge < -0.3 is 14.4 Å². The second-order valence-corrected chi connectivity index (χ2v) is 14.4. The molecule has 3 heteroatoms. The van der Waals surface area contributed by atoms with Gasteiger partial charge in [0.15, 0.2) is 5.79 Å². The van der Waals surface area contributed by atoms with Crippen LogP contribution in [-0.2, 0) is 9.47 Å². The molecule has 2 atom stereocenters. The number of likely N-dealkylation sites (N-methyl/N-ethyl adjacent to an activating group) is 1. The fraction of sp³-hybridized carbons (Fsp3) is 0.814. The van der Waals surface area contributed by atoms with Gasteiger partial charge in [-0.15, -0.1) is 0 Å². The second kappa shape index (κ2) is 28.8. The highest BCUT2D eigenvalue weighted by molar-refractivity contribution is 4.94. The van der Waals surface area contributed by atoms with Crippen LogP contribution >= 0.6 is 0 Å². The molecule has 3 nitrogen and oxygen atoms in total. The number of piperidine rings is 1. The van der Waals surface area contributed by atoms with E-state index in [1.807, 2.05) is 0 Å². The maximum atomic E-state index is 6.78. The highest BCUT2D eigenvalue weighted by atomic mass is 16.8. The van der Waals surface area contributed by atoms with Crippen molar-refractivity contribution in [1.82, 2.24) is 4.90 Å². The zero-order valence-corrected chi connectivity index (χ0v) is 31.0. The molecule has 0 aromatic heterocycles. The molecule has 0 saturated carbocycles. The Morgan fingerprint density at radius 2 is 0.891 bits per heavy atom. The average Bonchev–Trinajstić information content (AvgIpc) is 3.41. The number of unbranched alkanes of at least 4 members (excludes halogenated alkanes) is 18. The first-order valence-electron chi connectivity index (χ1n) is 20.3. The first-order valence-corrected chi connectivity index (χ1v) is 20.3. The molecule has 0 aromatic rings. The highest BCUT2D eigenvalue weighted by Crippen LogP contribution is 2.40. The van der Waals surface area contributed by atoms with Crippen LogP contribution in [0.4, 0.5) is 0 Å². The number of likely N-dealkylation sites (tertiary alicyclic amines) is 1. The van der Waals surface area contributed by atoms with Crippen molar-refractivity contribution in [3.63, 3.8) is 0 Å². The SMILES string of the molecule is CCCCC/C=C\C/C=C\CCCCCCCCC1(CCCCCCCC/C=C\C/C=C\CCCCC)O[C@H]2CCN(C)C[C@H]2O1. The normalized spacial score (nSPS) is 20.3. The fourth-order valence-electron chi connectivity index (χ4n) is 7.00. The molecule has 2 fully saturated rings. The molecule has 0 amide bonds. The molecule has 0 radical (unpaired) electrons. The van der Waals surface area contributed by atoms with Crippen LogP contribution in [0.5, 0.6) is 0 Å². The van der Waals surface area contributed by atoms with Gasteiger partial charge in [-0.25, -0.2) is 0 Å². The fourth-order valence-corrected chi connectivity index (χ4v) is 7.00.